The Morgan fingerprint density at radius 1 is 1.17 bits per heavy atom. The normalized spacial score (nSPS) is 19.4. The Bertz CT molecular complexity index is 453. The molecule has 0 radical (unpaired) electrons. The van der Waals surface area contributed by atoms with Crippen molar-refractivity contribution in [1.29, 1.82) is 5.26 Å². The summed E-state index contributed by atoms with van der Waals surface area (Å²) in [5, 5.41) is 9.49. The molecule has 2 rings (SSSR count). The number of nitriles is 1. The van der Waals surface area contributed by atoms with E-state index in [0.717, 1.165) is 31.7 Å². The van der Waals surface area contributed by atoms with Crippen molar-refractivity contribution in [2.75, 3.05) is 33.2 Å². The Kier molecular flexibility index (Phi) is 4.00. The lowest BCUT2D eigenvalue weighted by molar-refractivity contribution is 0.132. The number of benzene rings is 1. The molecule has 1 aromatic rings. The molecule has 1 heterocycles. The molecule has 3 nitrogen and oxygen atoms in total. The van der Waals surface area contributed by atoms with Gasteiger partial charge >= 0.3 is 0 Å². The summed E-state index contributed by atoms with van der Waals surface area (Å²) in [6, 6.07) is 8.74. The Morgan fingerprint density at radius 3 is 2.39 bits per heavy atom. The van der Waals surface area contributed by atoms with E-state index in [2.05, 4.69) is 55.0 Å². The van der Waals surface area contributed by atoms with E-state index in [4.69, 9.17) is 0 Å². The highest BCUT2D eigenvalue weighted by Gasteiger charge is 2.24. The molecule has 1 aliphatic rings. The quantitative estimate of drug-likeness (QED) is 0.797. The summed E-state index contributed by atoms with van der Waals surface area (Å²) in [6.45, 7) is 8.23. The molecule has 0 aromatic heterocycles. The maximum absolute atomic E-state index is 9.49. The van der Waals surface area contributed by atoms with E-state index < -0.39 is 0 Å². The van der Waals surface area contributed by atoms with E-state index in [-0.39, 0.29) is 6.04 Å². The molecule has 0 N–H and O–H groups in total. The van der Waals surface area contributed by atoms with Crippen LogP contribution in [0.3, 0.4) is 0 Å². The number of hydrogen-bond donors (Lipinski definition) is 0. The lowest BCUT2D eigenvalue weighted by atomic mass is 9.98. The standard InChI is InChI=1S/C15H21N3/c1-12-4-5-14(13(2)10-12)15(11-16)18-8-6-17(3)7-9-18/h4-5,10,15H,6-9H2,1-3H3. The van der Waals surface area contributed by atoms with Crippen LogP contribution >= 0.6 is 0 Å². The first-order valence-corrected chi connectivity index (χ1v) is 6.51. The Morgan fingerprint density at radius 2 is 1.83 bits per heavy atom. The molecule has 1 saturated heterocycles. The van der Waals surface area contributed by atoms with Crippen LogP contribution in [0.1, 0.15) is 22.7 Å². The van der Waals surface area contributed by atoms with Gasteiger partial charge in [0.15, 0.2) is 0 Å². The molecular weight excluding hydrogens is 222 g/mol. The fourth-order valence-corrected chi connectivity index (χ4v) is 2.56. The summed E-state index contributed by atoms with van der Waals surface area (Å²) in [6.07, 6.45) is 0. The fourth-order valence-electron chi connectivity index (χ4n) is 2.56. The second-order valence-electron chi connectivity index (χ2n) is 5.23. The van der Waals surface area contributed by atoms with Crippen molar-refractivity contribution in [2.24, 2.45) is 0 Å². The molecule has 0 spiro atoms. The zero-order valence-corrected chi connectivity index (χ0v) is 11.5. The first kappa shape index (κ1) is 13.1. The largest absolute Gasteiger partial charge is 0.304 e. The summed E-state index contributed by atoms with van der Waals surface area (Å²) in [5.74, 6) is 0. The molecule has 18 heavy (non-hydrogen) atoms. The van der Waals surface area contributed by atoms with Gasteiger partial charge in [-0.25, -0.2) is 0 Å². The number of likely N-dealkylation sites (N-methyl/N-ethyl adjacent to an activating group) is 1. The maximum atomic E-state index is 9.49. The first-order chi connectivity index (χ1) is 8.61. The molecule has 0 saturated carbocycles. The molecule has 1 atom stereocenters. The first-order valence-electron chi connectivity index (χ1n) is 6.51. The van der Waals surface area contributed by atoms with Gasteiger partial charge in [-0.3, -0.25) is 4.90 Å². The van der Waals surface area contributed by atoms with E-state index >= 15 is 0 Å². The smallest absolute Gasteiger partial charge is 0.124 e. The van der Waals surface area contributed by atoms with Gasteiger partial charge in [0, 0.05) is 26.2 Å². The monoisotopic (exact) mass is 243 g/mol. The van der Waals surface area contributed by atoms with Crippen LogP contribution in [-0.4, -0.2) is 43.0 Å². The highest BCUT2D eigenvalue weighted by atomic mass is 15.3. The fraction of sp³-hybridized carbons (Fsp3) is 0.533. The Hall–Kier alpha value is -1.37. The zero-order valence-electron chi connectivity index (χ0n) is 11.5. The molecule has 1 fully saturated rings. The number of rotatable bonds is 2. The van der Waals surface area contributed by atoms with Crippen molar-refractivity contribution >= 4 is 0 Å². The second-order valence-corrected chi connectivity index (χ2v) is 5.23. The third-order valence-electron chi connectivity index (χ3n) is 3.75. The number of nitrogens with zero attached hydrogens (tertiary/aromatic N) is 3. The molecule has 96 valence electrons. The van der Waals surface area contributed by atoms with Gasteiger partial charge < -0.3 is 4.90 Å². The SMILES string of the molecule is Cc1ccc(C(C#N)N2CCN(C)CC2)c(C)c1. The average Bonchev–Trinajstić information content (AvgIpc) is 2.35. The van der Waals surface area contributed by atoms with Crippen LogP contribution in [0, 0.1) is 25.2 Å². The van der Waals surface area contributed by atoms with Crippen molar-refractivity contribution in [1.82, 2.24) is 9.80 Å². The molecular formula is C15H21N3. The minimum absolute atomic E-state index is 0.0979. The van der Waals surface area contributed by atoms with Crippen molar-refractivity contribution in [3.63, 3.8) is 0 Å². The van der Waals surface area contributed by atoms with E-state index in [1.807, 2.05) is 0 Å². The molecule has 0 bridgehead atoms. The maximum Gasteiger partial charge on any atom is 0.124 e. The minimum Gasteiger partial charge on any atom is -0.304 e. The zero-order chi connectivity index (χ0) is 13.1. The van der Waals surface area contributed by atoms with E-state index in [1.54, 1.807) is 0 Å². The van der Waals surface area contributed by atoms with Gasteiger partial charge in [-0.2, -0.15) is 5.26 Å². The van der Waals surface area contributed by atoms with Gasteiger partial charge in [-0.05, 0) is 32.0 Å². The molecule has 3 heteroatoms. The molecule has 1 unspecified atom stereocenters. The van der Waals surface area contributed by atoms with Crippen molar-refractivity contribution in [3.05, 3.63) is 34.9 Å². The molecule has 0 amide bonds. The van der Waals surface area contributed by atoms with Crippen molar-refractivity contribution < 1.29 is 0 Å². The summed E-state index contributed by atoms with van der Waals surface area (Å²) >= 11 is 0. The summed E-state index contributed by atoms with van der Waals surface area (Å²) < 4.78 is 0. The van der Waals surface area contributed by atoms with Crippen molar-refractivity contribution in [2.45, 2.75) is 19.9 Å². The van der Waals surface area contributed by atoms with Gasteiger partial charge in [-0.1, -0.05) is 23.8 Å². The lowest BCUT2D eigenvalue weighted by Gasteiger charge is -2.35. The van der Waals surface area contributed by atoms with Gasteiger partial charge in [-0.15, -0.1) is 0 Å². The summed E-state index contributed by atoms with van der Waals surface area (Å²) in [4.78, 5) is 4.60. The van der Waals surface area contributed by atoms with Gasteiger partial charge in [0.05, 0.1) is 6.07 Å². The highest BCUT2D eigenvalue weighted by Crippen LogP contribution is 2.25. The van der Waals surface area contributed by atoms with Gasteiger partial charge in [0.2, 0.25) is 0 Å². The molecule has 0 aliphatic carbocycles. The minimum atomic E-state index is -0.0979. The number of aryl methyl sites for hydroxylation is 2. The van der Waals surface area contributed by atoms with E-state index in [9.17, 15) is 5.26 Å². The third kappa shape index (κ3) is 2.72. The summed E-state index contributed by atoms with van der Waals surface area (Å²) in [7, 11) is 2.13. The predicted molar refractivity (Wildman–Crippen MR) is 73.3 cm³/mol. The molecule has 1 aliphatic heterocycles. The molecule has 1 aromatic carbocycles. The van der Waals surface area contributed by atoms with E-state index in [0.29, 0.717) is 0 Å². The number of piperazine rings is 1. The van der Waals surface area contributed by atoms with Crippen LogP contribution in [-0.2, 0) is 0 Å². The van der Waals surface area contributed by atoms with Gasteiger partial charge in [0.25, 0.3) is 0 Å². The lowest BCUT2D eigenvalue weighted by Crippen LogP contribution is -2.45. The predicted octanol–water partition coefficient (Wildman–Crippen LogP) is 2.12. The topological polar surface area (TPSA) is 30.3 Å². The van der Waals surface area contributed by atoms with Crippen LogP contribution in [0.15, 0.2) is 18.2 Å². The highest BCUT2D eigenvalue weighted by molar-refractivity contribution is 5.35. The average molecular weight is 243 g/mol. The Balaban J connectivity index is 2.21. The third-order valence-corrected chi connectivity index (χ3v) is 3.75. The van der Waals surface area contributed by atoms with Crippen LogP contribution in [0.5, 0.6) is 0 Å². The second kappa shape index (κ2) is 5.51. The van der Waals surface area contributed by atoms with Crippen LogP contribution in [0.25, 0.3) is 0 Å². The van der Waals surface area contributed by atoms with Crippen LogP contribution in [0.4, 0.5) is 0 Å². The summed E-state index contributed by atoms with van der Waals surface area (Å²) in [5.41, 5.74) is 3.64. The Labute approximate surface area is 110 Å². The van der Waals surface area contributed by atoms with E-state index in [1.165, 1.54) is 11.1 Å². The van der Waals surface area contributed by atoms with Crippen LogP contribution < -0.4 is 0 Å². The van der Waals surface area contributed by atoms with Gasteiger partial charge in [0.1, 0.15) is 6.04 Å². The van der Waals surface area contributed by atoms with Crippen molar-refractivity contribution in [3.8, 4) is 6.07 Å². The number of hydrogen-bond acceptors (Lipinski definition) is 3. The van der Waals surface area contributed by atoms with Crippen LogP contribution in [0.2, 0.25) is 0 Å².